The minimum absolute atomic E-state index is 0.239. The van der Waals surface area contributed by atoms with Crippen LogP contribution in [0.2, 0.25) is 0 Å². The Morgan fingerprint density at radius 3 is 2.26 bits per heavy atom. The maximum absolute atomic E-state index is 11.9. The molecule has 1 aliphatic heterocycles. The molecule has 0 atom stereocenters. The number of hydrogen-bond acceptors (Lipinski definition) is 5. The molecule has 0 bridgehead atoms. The summed E-state index contributed by atoms with van der Waals surface area (Å²) in [5.74, 6) is 0. The normalized spacial score (nSPS) is 16.4. The van der Waals surface area contributed by atoms with Crippen molar-refractivity contribution in [2.75, 3.05) is 31.1 Å². The predicted octanol–water partition coefficient (Wildman–Crippen LogP) is 1.53. The summed E-state index contributed by atoms with van der Waals surface area (Å²) in [5.41, 5.74) is 0.549. The summed E-state index contributed by atoms with van der Waals surface area (Å²) >= 11 is 0. The van der Waals surface area contributed by atoms with Crippen molar-refractivity contribution in [3.8, 4) is 0 Å². The zero-order chi connectivity index (χ0) is 13.9. The fraction of sp³-hybridized carbons (Fsp3) is 0.615. The molecule has 0 N–H and O–H groups in total. The zero-order valence-corrected chi connectivity index (χ0v) is 11.7. The van der Waals surface area contributed by atoms with Gasteiger partial charge in [0.1, 0.15) is 11.9 Å². The van der Waals surface area contributed by atoms with Crippen LogP contribution < -0.4 is 4.90 Å². The zero-order valence-electron chi connectivity index (χ0n) is 11.7. The van der Waals surface area contributed by atoms with Crippen molar-refractivity contribution in [2.45, 2.75) is 26.4 Å². The van der Waals surface area contributed by atoms with Crippen LogP contribution >= 0.6 is 0 Å². The number of rotatable bonds is 1. The van der Waals surface area contributed by atoms with Gasteiger partial charge in [0, 0.05) is 26.2 Å². The van der Waals surface area contributed by atoms with E-state index in [4.69, 9.17) is 4.74 Å². The van der Waals surface area contributed by atoms with Gasteiger partial charge in [0.15, 0.2) is 0 Å². The highest BCUT2D eigenvalue weighted by molar-refractivity contribution is 5.68. The molecule has 19 heavy (non-hydrogen) atoms. The lowest BCUT2D eigenvalue weighted by Gasteiger charge is -2.36. The smallest absolute Gasteiger partial charge is 0.410 e. The van der Waals surface area contributed by atoms with Crippen LogP contribution in [0.3, 0.4) is 0 Å². The third-order valence-corrected chi connectivity index (χ3v) is 2.84. The molecule has 6 heteroatoms. The maximum Gasteiger partial charge on any atom is 0.410 e. The Kier molecular flexibility index (Phi) is 3.87. The van der Waals surface area contributed by atoms with Gasteiger partial charge >= 0.3 is 6.09 Å². The summed E-state index contributed by atoms with van der Waals surface area (Å²) in [6, 6.07) is 0. The molecule has 2 heterocycles. The molecule has 1 amide bonds. The average Bonchev–Trinajstić information content (AvgIpc) is 2.38. The number of nitrogens with zero attached hydrogens (tertiary/aromatic N) is 4. The van der Waals surface area contributed by atoms with E-state index >= 15 is 0 Å². The molecule has 104 valence electrons. The van der Waals surface area contributed by atoms with Crippen molar-refractivity contribution in [1.82, 2.24) is 14.9 Å². The van der Waals surface area contributed by atoms with Gasteiger partial charge < -0.3 is 14.5 Å². The third kappa shape index (κ3) is 3.81. The molecular formula is C13H20N4O2. The van der Waals surface area contributed by atoms with Gasteiger partial charge in [-0.2, -0.15) is 0 Å². The molecule has 2 rings (SSSR count). The molecule has 6 nitrogen and oxygen atoms in total. The van der Waals surface area contributed by atoms with Crippen molar-refractivity contribution >= 4 is 11.8 Å². The second-order valence-corrected chi connectivity index (χ2v) is 5.55. The topological polar surface area (TPSA) is 58.6 Å². The van der Waals surface area contributed by atoms with E-state index in [0.717, 1.165) is 18.8 Å². The highest BCUT2D eigenvalue weighted by Gasteiger charge is 2.25. The first-order chi connectivity index (χ1) is 8.96. The van der Waals surface area contributed by atoms with Gasteiger partial charge in [0.2, 0.25) is 0 Å². The predicted molar refractivity (Wildman–Crippen MR) is 72.1 cm³/mol. The second kappa shape index (κ2) is 5.42. The number of hydrogen-bond donors (Lipinski definition) is 0. The summed E-state index contributed by atoms with van der Waals surface area (Å²) in [6.07, 6.45) is 4.85. The number of amides is 1. The monoisotopic (exact) mass is 264 g/mol. The lowest BCUT2D eigenvalue weighted by atomic mass is 10.2. The summed E-state index contributed by atoms with van der Waals surface area (Å²) in [5, 5.41) is 0. The van der Waals surface area contributed by atoms with E-state index in [-0.39, 0.29) is 6.09 Å². The van der Waals surface area contributed by atoms with Crippen LogP contribution in [0.5, 0.6) is 0 Å². The maximum atomic E-state index is 11.9. The van der Waals surface area contributed by atoms with Crippen LogP contribution in [0, 0.1) is 0 Å². The second-order valence-electron chi connectivity index (χ2n) is 5.55. The number of aromatic nitrogens is 2. The molecule has 0 aliphatic carbocycles. The van der Waals surface area contributed by atoms with Crippen LogP contribution in [-0.2, 0) is 4.74 Å². The summed E-state index contributed by atoms with van der Waals surface area (Å²) in [6.45, 7) is 8.49. The number of piperazine rings is 1. The molecule has 0 unspecified atom stereocenters. The molecule has 0 aromatic carbocycles. The van der Waals surface area contributed by atoms with Crippen molar-refractivity contribution in [3.05, 3.63) is 18.7 Å². The lowest BCUT2D eigenvalue weighted by Crippen LogP contribution is -2.50. The number of ether oxygens (including phenoxy) is 1. The van der Waals surface area contributed by atoms with Gasteiger partial charge in [-0.25, -0.2) is 14.8 Å². The van der Waals surface area contributed by atoms with E-state index in [9.17, 15) is 4.79 Å². The SMILES string of the molecule is CC(C)(C)OC(=O)N1CCN(c2cncnc2)CC1. The molecule has 0 radical (unpaired) electrons. The molecule has 0 saturated carbocycles. The fourth-order valence-electron chi connectivity index (χ4n) is 1.93. The minimum Gasteiger partial charge on any atom is -0.444 e. The highest BCUT2D eigenvalue weighted by atomic mass is 16.6. The largest absolute Gasteiger partial charge is 0.444 e. The van der Waals surface area contributed by atoms with E-state index in [2.05, 4.69) is 14.9 Å². The van der Waals surface area contributed by atoms with E-state index in [1.54, 1.807) is 17.3 Å². The van der Waals surface area contributed by atoms with Gasteiger partial charge in [0.05, 0.1) is 18.1 Å². The number of carbonyl (C=O) groups is 1. The van der Waals surface area contributed by atoms with Crippen LogP contribution in [0.25, 0.3) is 0 Å². The van der Waals surface area contributed by atoms with Crippen molar-refractivity contribution in [1.29, 1.82) is 0 Å². The first-order valence-electron chi connectivity index (χ1n) is 6.43. The van der Waals surface area contributed by atoms with E-state index < -0.39 is 5.60 Å². The van der Waals surface area contributed by atoms with Crippen molar-refractivity contribution in [2.24, 2.45) is 0 Å². The Morgan fingerprint density at radius 2 is 1.74 bits per heavy atom. The Bertz CT molecular complexity index is 422. The van der Waals surface area contributed by atoms with Crippen LogP contribution in [0.4, 0.5) is 10.5 Å². The van der Waals surface area contributed by atoms with Crippen LogP contribution in [-0.4, -0.2) is 52.7 Å². The molecule has 1 aromatic rings. The first-order valence-corrected chi connectivity index (χ1v) is 6.43. The Labute approximate surface area is 113 Å². The van der Waals surface area contributed by atoms with E-state index in [1.807, 2.05) is 20.8 Å². The molecule has 1 aliphatic rings. The standard InChI is InChI=1S/C13H20N4O2/c1-13(2,3)19-12(18)17-6-4-16(5-7-17)11-8-14-10-15-9-11/h8-10H,4-7H2,1-3H3. The quantitative estimate of drug-likeness (QED) is 0.770. The van der Waals surface area contributed by atoms with Gasteiger partial charge in [0.25, 0.3) is 0 Å². The third-order valence-electron chi connectivity index (χ3n) is 2.84. The van der Waals surface area contributed by atoms with Gasteiger partial charge in [-0.05, 0) is 20.8 Å². The molecular weight excluding hydrogens is 244 g/mol. The summed E-state index contributed by atoms with van der Waals surface area (Å²) in [7, 11) is 0. The van der Waals surface area contributed by atoms with Gasteiger partial charge in [-0.1, -0.05) is 0 Å². The highest BCUT2D eigenvalue weighted by Crippen LogP contribution is 2.15. The fourth-order valence-corrected chi connectivity index (χ4v) is 1.93. The van der Waals surface area contributed by atoms with E-state index in [1.165, 1.54) is 6.33 Å². The summed E-state index contributed by atoms with van der Waals surface area (Å²) < 4.78 is 5.36. The average molecular weight is 264 g/mol. The Balaban J connectivity index is 1.88. The lowest BCUT2D eigenvalue weighted by molar-refractivity contribution is 0.0240. The van der Waals surface area contributed by atoms with Crippen LogP contribution in [0.15, 0.2) is 18.7 Å². The molecule has 1 saturated heterocycles. The van der Waals surface area contributed by atoms with Crippen molar-refractivity contribution in [3.63, 3.8) is 0 Å². The Hall–Kier alpha value is -1.85. The van der Waals surface area contributed by atoms with Gasteiger partial charge in [-0.3, -0.25) is 0 Å². The molecule has 1 aromatic heterocycles. The molecule has 1 fully saturated rings. The van der Waals surface area contributed by atoms with Gasteiger partial charge in [-0.15, -0.1) is 0 Å². The summed E-state index contributed by atoms with van der Waals surface area (Å²) in [4.78, 5) is 23.8. The number of anilines is 1. The van der Waals surface area contributed by atoms with E-state index in [0.29, 0.717) is 13.1 Å². The number of carbonyl (C=O) groups excluding carboxylic acids is 1. The Morgan fingerprint density at radius 1 is 1.16 bits per heavy atom. The van der Waals surface area contributed by atoms with Crippen LogP contribution in [0.1, 0.15) is 20.8 Å². The molecule has 0 spiro atoms. The minimum atomic E-state index is -0.443. The van der Waals surface area contributed by atoms with Crippen molar-refractivity contribution < 1.29 is 9.53 Å². The first kappa shape index (κ1) is 13.6.